The van der Waals surface area contributed by atoms with E-state index in [1.807, 2.05) is 19.2 Å². The highest BCUT2D eigenvalue weighted by Crippen LogP contribution is 2.37. The second kappa shape index (κ2) is 9.46. The summed E-state index contributed by atoms with van der Waals surface area (Å²) in [5.74, 6) is -0.215. The normalized spacial score (nSPS) is 22.9. The molecule has 1 aromatic carbocycles. The van der Waals surface area contributed by atoms with Gasteiger partial charge in [-0.3, -0.25) is 14.6 Å². The van der Waals surface area contributed by atoms with Gasteiger partial charge < -0.3 is 0 Å². The number of carbonyl (C=O) groups is 1. The minimum atomic E-state index is -0.482. The van der Waals surface area contributed by atoms with E-state index in [2.05, 4.69) is 11.1 Å². The minimum absolute atomic E-state index is 0.0574. The lowest BCUT2D eigenvalue weighted by molar-refractivity contribution is -0.183. The van der Waals surface area contributed by atoms with E-state index in [-0.39, 0.29) is 23.4 Å². The summed E-state index contributed by atoms with van der Waals surface area (Å²) in [7, 11) is 0. The standard InChI is InChI=1S/C25H25FN4O2/c1-16-21(14-29-15-22(16)13-28)8-17-2-4-19(5-3-17)25(31)30-24(6-7-32-30)20-9-18(12-27)10-23(26)11-20/h9-11,14-15,17,19,24H,2-8H2,1H3/t17?,19?,24-/m0/s1. The topological polar surface area (TPSA) is 90.0 Å². The number of rotatable bonds is 4. The van der Waals surface area contributed by atoms with Crippen LogP contribution in [0.15, 0.2) is 30.6 Å². The molecule has 2 heterocycles. The van der Waals surface area contributed by atoms with Crippen LogP contribution < -0.4 is 0 Å². The minimum Gasteiger partial charge on any atom is -0.272 e. The highest BCUT2D eigenvalue weighted by Gasteiger charge is 2.37. The third-order valence-corrected chi connectivity index (χ3v) is 6.70. The molecular weight excluding hydrogens is 407 g/mol. The highest BCUT2D eigenvalue weighted by molar-refractivity contribution is 5.78. The van der Waals surface area contributed by atoms with Crippen LogP contribution in [-0.2, 0) is 16.1 Å². The highest BCUT2D eigenvalue weighted by atomic mass is 19.1. The van der Waals surface area contributed by atoms with Gasteiger partial charge in [0.05, 0.1) is 29.8 Å². The van der Waals surface area contributed by atoms with Crippen molar-refractivity contribution in [3.05, 3.63) is 64.2 Å². The molecular formula is C25H25FN4O2. The maximum Gasteiger partial charge on any atom is 0.249 e. The van der Waals surface area contributed by atoms with Crippen LogP contribution in [0.1, 0.15) is 66.0 Å². The van der Waals surface area contributed by atoms with Crippen molar-refractivity contribution in [2.75, 3.05) is 6.61 Å². The summed E-state index contributed by atoms with van der Waals surface area (Å²) in [6, 6.07) is 7.98. The summed E-state index contributed by atoms with van der Waals surface area (Å²) in [6.07, 6.45) is 8.26. The van der Waals surface area contributed by atoms with Crippen LogP contribution in [0, 0.1) is 47.2 Å². The first-order valence-electron chi connectivity index (χ1n) is 11.0. The maximum atomic E-state index is 13.9. The van der Waals surface area contributed by atoms with Crippen molar-refractivity contribution in [3.8, 4) is 12.1 Å². The van der Waals surface area contributed by atoms with Gasteiger partial charge >= 0.3 is 0 Å². The van der Waals surface area contributed by atoms with Crippen LogP contribution in [0.2, 0.25) is 0 Å². The zero-order valence-corrected chi connectivity index (χ0v) is 18.1. The molecule has 1 saturated heterocycles. The molecule has 0 N–H and O–H groups in total. The van der Waals surface area contributed by atoms with Crippen molar-refractivity contribution in [1.82, 2.24) is 10.0 Å². The van der Waals surface area contributed by atoms with Crippen molar-refractivity contribution in [1.29, 1.82) is 10.5 Å². The fourth-order valence-corrected chi connectivity index (χ4v) is 4.85. The number of aromatic nitrogens is 1. The van der Waals surface area contributed by atoms with Gasteiger partial charge in [0, 0.05) is 24.7 Å². The lowest BCUT2D eigenvalue weighted by Crippen LogP contribution is -2.36. The molecule has 1 atom stereocenters. The van der Waals surface area contributed by atoms with Gasteiger partial charge in [-0.1, -0.05) is 0 Å². The van der Waals surface area contributed by atoms with Gasteiger partial charge in [-0.05, 0) is 79.8 Å². The Morgan fingerprint density at radius 1 is 1.16 bits per heavy atom. The van der Waals surface area contributed by atoms with Gasteiger partial charge in [0.2, 0.25) is 5.91 Å². The van der Waals surface area contributed by atoms with Crippen molar-refractivity contribution in [3.63, 3.8) is 0 Å². The van der Waals surface area contributed by atoms with Crippen LogP contribution in [0.5, 0.6) is 0 Å². The molecule has 1 aromatic heterocycles. The number of carbonyl (C=O) groups excluding carboxylic acids is 1. The number of benzene rings is 1. The fourth-order valence-electron chi connectivity index (χ4n) is 4.85. The average Bonchev–Trinajstić information content (AvgIpc) is 3.30. The third-order valence-electron chi connectivity index (χ3n) is 6.70. The number of pyridine rings is 1. The Labute approximate surface area is 187 Å². The van der Waals surface area contributed by atoms with E-state index >= 15 is 0 Å². The lowest BCUT2D eigenvalue weighted by atomic mass is 9.78. The molecule has 0 bridgehead atoms. The Morgan fingerprint density at radius 2 is 1.94 bits per heavy atom. The summed E-state index contributed by atoms with van der Waals surface area (Å²) in [6.45, 7) is 2.35. The summed E-state index contributed by atoms with van der Waals surface area (Å²) >= 11 is 0. The van der Waals surface area contributed by atoms with Crippen LogP contribution in [0.25, 0.3) is 0 Å². The summed E-state index contributed by atoms with van der Waals surface area (Å²) in [5.41, 5.74) is 3.54. The molecule has 0 radical (unpaired) electrons. The molecule has 4 rings (SSSR count). The zero-order chi connectivity index (χ0) is 22.7. The lowest BCUT2D eigenvalue weighted by Gasteiger charge is -2.32. The molecule has 1 aliphatic carbocycles. The Morgan fingerprint density at radius 3 is 2.66 bits per heavy atom. The van der Waals surface area contributed by atoms with Gasteiger partial charge in [0.1, 0.15) is 11.9 Å². The molecule has 0 spiro atoms. The zero-order valence-electron chi connectivity index (χ0n) is 18.1. The molecule has 32 heavy (non-hydrogen) atoms. The first kappa shape index (κ1) is 21.9. The predicted octanol–water partition coefficient (Wildman–Crippen LogP) is 4.53. The van der Waals surface area contributed by atoms with E-state index in [1.54, 1.807) is 12.3 Å². The number of nitriles is 2. The molecule has 2 fully saturated rings. The fraction of sp³-hybridized carbons (Fsp3) is 0.440. The second-order valence-electron chi connectivity index (χ2n) is 8.69. The number of halogens is 1. The summed E-state index contributed by atoms with van der Waals surface area (Å²) in [5, 5.41) is 19.8. The van der Waals surface area contributed by atoms with Crippen molar-refractivity contribution in [2.24, 2.45) is 11.8 Å². The average molecular weight is 432 g/mol. The Bertz CT molecular complexity index is 1100. The molecule has 2 aromatic rings. The van der Waals surface area contributed by atoms with Gasteiger partial charge in [-0.15, -0.1) is 0 Å². The van der Waals surface area contributed by atoms with E-state index in [0.29, 0.717) is 30.1 Å². The smallest absolute Gasteiger partial charge is 0.249 e. The van der Waals surface area contributed by atoms with Gasteiger partial charge in [-0.25, -0.2) is 9.45 Å². The predicted molar refractivity (Wildman–Crippen MR) is 114 cm³/mol. The third kappa shape index (κ3) is 4.49. The molecule has 1 aliphatic heterocycles. The monoisotopic (exact) mass is 432 g/mol. The Balaban J connectivity index is 1.40. The first-order valence-corrected chi connectivity index (χ1v) is 11.0. The van der Waals surface area contributed by atoms with E-state index in [1.165, 1.54) is 17.2 Å². The van der Waals surface area contributed by atoms with Crippen LogP contribution in [0.4, 0.5) is 4.39 Å². The van der Waals surface area contributed by atoms with E-state index in [0.717, 1.165) is 43.2 Å². The van der Waals surface area contributed by atoms with Gasteiger partial charge in [0.25, 0.3) is 0 Å². The van der Waals surface area contributed by atoms with Gasteiger partial charge in [-0.2, -0.15) is 10.5 Å². The molecule has 0 unspecified atom stereocenters. The van der Waals surface area contributed by atoms with E-state index in [4.69, 9.17) is 10.1 Å². The van der Waals surface area contributed by atoms with Gasteiger partial charge in [0.15, 0.2) is 0 Å². The van der Waals surface area contributed by atoms with E-state index < -0.39 is 5.82 Å². The molecule has 7 heteroatoms. The van der Waals surface area contributed by atoms with Crippen molar-refractivity contribution in [2.45, 2.75) is 51.5 Å². The number of hydrogen-bond acceptors (Lipinski definition) is 5. The summed E-state index contributed by atoms with van der Waals surface area (Å²) in [4.78, 5) is 23.1. The SMILES string of the molecule is Cc1c(C#N)cncc1CC1CCC(C(=O)N2OCC[C@H]2c2cc(F)cc(C#N)c2)CC1. The molecule has 164 valence electrons. The summed E-state index contributed by atoms with van der Waals surface area (Å²) < 4.78 is 13.9. The van der Waals surface area contributed by atoms with Crippen LogP contribution in [0.3, 0.4) is 0 Å². The maximum absolute atomic E-state index is 13.9. The number of hydrogen-bond donors (Lipinski definition) is 0. The number of nitrogens with zero attached hydrogens (tertiary/aromatic N) is 4. The van der Waals surface area contributed by atoms with Crippen LogP contribution >= 0.6 is 0 Å². The second-order valence-corrected chi connectivity index (χ2v) is 8.69. The van der Waals surface area contributed by atoms with Crippen LogP contribution in [-0.4, -0.2) is 22.6 Å². The Hall–Kier alpha value is -3.29. The quantitative estimate of drug-likeness (QED) is 0.708. The van der Waals surface area contributed by atoms with E-state index in [9.17, 15) is 14.4 Å². The molecule has 2 aliphatic rings. The van der Waals surface area contributed by atoms with Crippen molar-refractivity contribution < 1.29 is 14.0 Å². The largest absolute Gasteiger partial charge is 0.272 e. The molecule has 6 nitrogen and oxygen atoms in total. The number of hydroxylamine groups is 2. The molecule has 1 saturated carbocycles. The first-order chi connectivity index (χ1) is 15.5. The van der Waals surface area contributed by atoms with Crippen molar-refractivity contribution >= 4 is 5.91 Å². The number of amides is 1. The molecule has 1 amide bonds. The Kier molecular flexibility index (Phi) is 6.48.